The molecule has 2 aromatic heterocycles. The lowest BCUT2D eigenvalue weighted by Gasteiger charge is -2.31. The molecule has 1 unspecified atom stereocenters. The van der Waals surface area contributed by atoms with Crippen LogP contribution in [0.1, 0.15) is 25.3 Å². The van der Waals surface area contributed by atoms with Crippen molar-refractivity contribution in [3.8, 4) is 0 Å². The highest BCUT2D eigenvalue weighted by molar-refractivity contribution is 7.89. The Bertz CT molecular complexity index is 796. The van der Waals surface area contributed by atoms with Gasteiger partial charge in [0.05, 0.1) is 5.75 Å². The zero-order valence-electron chi connectivity index (χ0n) is 14.4. The number of piperidine rings is 1. The van der Waals surface area contributed by atoms with Gasteiger partial charge in [0.15, 0.2) is 0 Å². The first kappa shape index (κ1) is 17.8. The number of rotatable bonds is 6. The molecule has 2 aromatic rings. The highest BCUT2D eigenvalue weighted by Crippen LogP contribution is 2.24. The molecule has 6 nitrogen and oxygen atoms in total. The van der Waals surface area contributed by atoms with Gasteiger partial charge in [-0.25, -0.2) is 22.7 Å². The third kappa shape index (κ3) is 4.76. The molecule has 0 radical (unpaired) electrons. The number of hydrogen-bond acceptors (Lipinski definition) is 5. The van der Waals surface area contributed by atoms with E-state index in [4.69, 9.17) is 0 Å². The van der Waals surface area contributed by atoms with Gasteiger partial charge in [0, 0.05) is 25.5 Å². The molecule has 3 heterocycles. The number of nitrogens with one attached hydrogen (secondary N) is 1. The predicted octanol–water partition coefficient (Wildman–Crippen LogP) is 2.82. The van der Waals surface area contributed by atoms with Crippen molar-refractivity contribution in [1.29, 1.82) is 0 Å². The quantitative estimate of drug-likeness (QED) is 0.857. The van der Waals surface area contributed by atoms with E-state index in [2.05, 4.69) is 15.3 Å². The molecule has 0 spiro atoms. The lowest BCUT2D eigenvalue weighted by atomic mass is 9.93. The highest BCUT2D eigenvalue weighted by Gasteiger charge is 2.27. The van der Waals surface area contributed by atoms with Gasteiger partial charge >= 0.3 is 0 Å². The molecule has 0 aromatic carbocycles. The number of anilines is 2. The van der Waals surface area contributed by atoms with E-state index in [0.717, 1.165) is 36.5 Å². The number of aromatic nitrogens is 2. The molecule has 134 valence electrons. The van der Waals surface area contributed by atoms with Crippen molar-refractivity contribution < 1.29 is 8.42 Å². The summed E-state index contributed by atoms with van der Waals surface area (Å²) in [7, 11) is -3.09. The summed E-state index contributed by atoms with van der Waals surface area (Å²) >= 11 is 0. The minimum atomic E-state index is -3.09. The van der Waals surface area contributed by atoms with Crippen LogP contribution in [-0.2, 0) is 16.4 Å². The molecule has 1 saturated heterocycles. The van der Waals surface area contributed by atoms with Crippen LogP contribution in [0.2, 0.25) is 0 Å². The van der Waals surface area contributed by atoms with E-state index in [1.54, 1.807) is 23.6 Å². The lowest BCUT2D eigenvalue weighted by molar-refractivity contribution is 0.265. The molecular weight excluding hydrogens is 336 g/mol. The van der Waals surface area contributed by atoms with Crippen LogP contribution in [0.3, 0.4) is 0 Å². The molecule has 3 rings (SSSR count). The largest absolute Gasteiger partial charge is 0.325 e. The fourth-order valence-corrected chi connectivity index (χ4v) is 4.41. The van der Waals surface area contributed by atoms with Gasteiger partial charge in [-0.15, -0.1) is 0 Å². The molecule has 7 heteroatoms. The molecule has 0 aliphatic carbocycles. The van der Waals surface area contributed by atoms with E-state index in [1.807, 2.05) is 30.3 Å². The Morgan fingerprint density at radius 2 is 2.04 bits per heavy atom. The number of sulfonamides is 1. The van der Waals surface area contributed by atoms with Crippen LogP contribution < -0.4 is 5.32 Å². The van der Waals surface area contributed by atoms with Gasteiger partial charge in [0.25, 0.3) is 0 Å². The van der Waals surface area contributed by atoms with Gasteiger partial charge in [-0.1, -0.05) is 6.07 Å². The Morgan fingerprint density at radius 1 is 1.20 bits per heavy atom. The molecule has 1 N–H and O–H groups in total. The predicted molar refractivity (Wildman–Crippen MR) is 99.2 cm³/mol. The second-order valence-corrected chi connectivity index (χ2v) is 8.62. The highest BCUT2D eigenvalue weighted by atomic mass is 32.2. The van der Waals surface area contributed by atoms with Crippen molar-refractivity contribution in [3.05, 3.63) is 48.3 Å². The first-order valence-corrected chi connectivity index (χ1v) is 10.3. The van der Waals surface area contributed by atoms with Crippen LogP contribution >= 0.6 is 0 Å². The maximum Gasteiger partial charge on any atom is 0.213 e. The van der Waals surface area contributed by atoms with Gasteiger partial charge in [-0.3, -0.25) is 0 Å². The molecule has 0 saturated carbocycles. The van der Waals surface area contributed by atoms with Crippen molar-refractivity contribution in [2.75, 3.05) is 24.2 Å². The standard InChI is InChI=1S/C18H24N4O2S/c1-2-25(23,24)22-11-5-6-16(14-22)12-15-8-10-20-18(13-15)21-17-7-3-4-9-19-17/h3-4,7-10,13,16H,2,5-6,11-12,14H2,1H3,(H,19,20,21). The van der Waals surface area contributed by atoms with Crippen molar-refractivity contribution >= 4 is 21.7 Å². The number of pyridine rings is 2. The van der Waals surface area contributed by atoms with Crippen molar-refractivity contribution in [2.24, 2.45) is 5.92 Å². The topological polar surface area (TPSA) is 75.2 Å². The Balaban J connectivity index is 1.66. The van der Waals surface area contributed by atoms with E-state index in [1.165, 1.54) is 0 Å². The summed E-state index contributed by atoms with van der Waals surface area (Å²) < 4.78 is 25.9. The van der Waals surface area contributed by atoms with E-state index in [-0.39, 0.29) is 5.75 Å². The SMILES string of the molecule is CCS(=O)(=O)N1CCCC(Cc2ccnc(Nc3ccccn3)c2)C1. The second-order valence-electron chi connectivity index (χ2n) is 6.36. The summed E-state index contributed by atoms with van der Waals surface area (Å²) in [6, 6.07) is 9.69. The monoisotopic (exact) mass is 360 g/mol. The van der Waals surface area contributed by atoms with E-state index in [9.17, 15) is 8.42 Å². The molecule has 25 heavy (non-hydrogen) atoms. The number of nitrogens with zero attached hydrogens (tertiary/aromatic N) is 3. The van der Waals surface area contributed by atoms with Crippen LogP contribution in [0, 0.1) is 5.92 Å². The van der Waals surface area contributed by atoms with Gasteiger partial charge in [0.2, 0.25) is 10.0 Å². The van der Waals surface area contributed by atoms with E-state index in [0.29, 0.717) is 19.0 Å². The van der Waals surface area contributed by atoms with Crippen LogP contribution in [0.15, 0.2) is 42.7 Å². The minimum absolute atomic E-state index is 0.174. The van der Waals surface area contributed by atoms with Crippen LogP contribution in [0.4, 0.5) is 11.6 Å². The Kier molecular flexibility index (Phi) is 5.65. The van der Waals surface area contributed by atoms with E-state index < -0.39 is 10.0 Å². The van der Waals surface area contributed by atoms with Gasteiger partial charge in [0.1, 0.15) is 11.6 Å². The summed E-state index contributed by atoms with van der Waals surface area (Å²) in [6.45, 7) is 2.97. The van der Waals surface area contributed by atoms with Crippen LogP contribution in [0.25, 0.3) is 0 Å². The Hall–Kier alpha value is -1.99. The lowest BCUT2D eigenvalue weighted by Crippen LogP contribution is -2.41. The fraction of sp³-hybridized carbons (Fsp3) is 0.444. The zero-order valence-corrected chi connectivity index (χ0v) is 15.2. The molecule has 1 atom stereocenters. The third-order valence-corrected chi connectivity index (χ3v) is 6.36. The van der Waals surface area contributed by atoms with Crippen LogP contribution in [-0.4, -0.2) is 41.5 Å². The van der Waals surface area contributed by atoms with Crippen molar-refractivity contribution in [1.82, 2.24) is 14.3 Å². The molecular formula is C18H24N4O2S. The molecule has 0 amide bonds. The van der Waals surface area contributed by atoms with Gasteiger partial charge in [-0.05, 0) is 61.9 Å². The minimum Gasteiger partial charge on any atom is -0.325 e. The second kappa shape index (κ2) is 7.93. The summed E-state index contributed by atoms with van der Waals surface area (Å²) in [5, 5.41) is 3.20. The summed E-state index contributed by atoms with van der Waals surface area (Å²) in [5.41, 5.74) is 1.16. The van der Waals surface area contributed by atoms with Crippen LogP contribution in [0.5, 0.6) is 0 Å². The average Bonchev–Trinajstić information content (AvgIpc) is 2.63. The fourth-order valence-electron chi connectivity index (χ4n) is 3.20. The summed E-state index contributed by atoms with van der Waals surface area (Å²) in [6.07, 6.45) is 6.35. The van der Waals surface area contributed by atoms with Gasteiger partial charge in [-0.2, -0.15) is 0 Å². The Labute approximate surface area is 149 Å². The molecule has 0 bridgehead atoms. The number of hydrogen-bond donors (Lipinski definition) is 1. The third-order valence-electron chi connectivity index (χ3n) is 4.51. The maximum absolute atomic E-state index is 12.1. The molecule has 1 aliphatic rings. The Morgan fingerprint density at radius 3 is 2.80 bits per heavy atom. The van der Waals surface area contributed by atoms with Crippen molar-refractivity contribution in [3.63, 3.8) is 0 Å². The van der Waals surface area contributed by atoms with E-state index >= 15 is 0 Å². The zero-order chi connectivity index (χ0) is 17.7. The van der Waals surface area contributed by atoms with Crippen molar-refractivity contribution in [2.45, 2.75) is 26.2 Å². The molecule has 1 fully saturated rings. The average molecular weight is 360 g/mol. The first-order valence-electron chi connectivity index (χ1n) is 8.67. The summed E-state index contributed by atoms with van der Waals surface area (Å²) in [5.74, 6) is 2.03. The first-order chi connectivity index (χ1) is 12.1. The normalized spacial score (nSPS) is 18.8. The molecule has 1 aliphatic heterocycles. The van der Waals surface area contributed by atoms with Gasteiger partial charge < -0.3 is 5.32 Å². The summed E-state index contributed by atoms with van der Waals surface area (Å²) in [4.78, 5) is 8.58. The smallest absolute Gasteiger partial charge is 0.213 e. The maximum atomic E-state index is 12.1.